The Morgan fingerprint density at radius 1 is 1.44 bits per heavy atom. The van der Waals surface area contributed by atoms with Crippen molar-refractivity contribution in [2.45, 2.75) is 65.5 Å². The molecule has 0 bridgehead atoms. The van der Waals surface area contributed by atoms with Gasteiger partial charge in [0.15, 0.2) is 0 Å². The van der Waals surface area contributed by atoms with Crippen molar-refractivity contribution in [3.05, 3.63) is 0 Å². The Hall–Kier alpha value is -0.570. The third-order valence-corrected chi connectivity index (χ3v) is 3.75. The second-order valence-corrected chi connectivity index (χ2v) is 6.11. The van der Waals surface area contributed by atoms with Gasteiger partial charge in [0.2, 0.25) is 5.91 Å². The van der Waals surface area contributed by atoms with Gasteiger partial charge < -0.3 is 11.1 Å². The van der Waals surface area contributed by atoms with Crippen molar-refractivity contribution in [2.24, 2.45) is 17.1 Å². The summed E-state index contributed by atoms with van der Waals surface area (Å²) in [5.74, 6) is 0.0164. The van der Waals surface area contributed by atoms with E-state index >= 15 is 0 Å². The quantitative estimate of drug-likeness (QED) is 0.774. The SMILES string of the molecule is CC(N)C(C)C(=O)NC1CCCC(C)(C)C1. The summed E-state index contributed by atoms with van der Waals surface area (Å²) >= 11 is 0. The zero-order valence-corrected chi connectivity index (χ0v) is 11.0. The third kappa shape index (κ3) is 3.78. The molecule has 3 unspecified atom stereocenters. The van der Waals surface area contributed by atoms with Gasteiger partial charge in [-0.05, 0) is 31.6 Å². The number of hydrogen-bond acceptors (Lipinski definition) is 2. The molecule has 0 spiro atoms. The lowest BCUT2D eigenvalue weighted by atomic mass is 9.75. The second kappa shape index (κ2) is 5.17. The predicted molar refractivity (Wildman–Crippen MR) is 67.0 cm³/mol. The molecule has 94 valence electrons. The van der Waals surface area contributed by atoms with Crippen molar-refractivity contribution in [3.63, 3.8) is 0 Å². The summed E-state index contributed by atoms with van der Waals surface area (Å²) in [4.78, 5) is 11.9. The molecule has 3 N–H and O–H groups in total. The van der Waals surface area contributed by atoms with E-state index in [1.807, 2.05) is 13.8 Å². The van der Waals surface area contributed by atoms with Crippen LogP contribution in [0.5, 0.6) is 0 Å². The van der Waals surface area contributed by atoms with Crippen molar-refractivity contribution in [3.8, 4) is 0 Å². The molecule has 1 saturated carbocycles. The van der Waals surface area contributed by atoms with E-state index in [1.54, 1.807) is 0 Å². The normalized spacial score (nSPS) is 28.2. The summed E-state index contributed by atoms with van der Waals surface area (Å²) in [6, 6.07) is 0.272. The van der Waals surface area contributed by atoms with Crippen molar-refractivity contribution < 1.29 is 4.79 Å². The largest absolute Gasteiger partial charge is 0.353 e. The number of carbonyl (C=O) groups excluding carboxylic acids is 1. The lowest BCUT2D eigenvalue weighted by Gasteiger charge is -2.36. The Morgan fingerprint density at radius 3 is 2.56 bits per heavy atom. The molecule has 0 radical (unpaired) electrons. The van der Waals surface area contributed by atoms with Gasteiger partial charge in [0.25, 0.3) is 0 Å². The minimum atomic E-state index is -0.0926. The molecule has 3 atom stereocenters. The molecule has 0 aromatic rings. The molecule has 1 fully saturated rings. The van der Waals surface area contributed by atoms with Gasteiger partial charge in [-0.1, -0.05) is 27.2 Å². The molecule has 1 aliphatic rings. The Balaban J connectivity index is 2.45. The summed E-state index contributed by atoms with van der Waals surface area (Å²) < 4.78 is 0. The van der Waals surface area contributed by atoms with Crippen molar-refractivity contribution in [1.82, 2.24) is 5.32 Å². The van der Waals surface area contributed by atoms with E-state index < -0.39 is 0 Å². The maximum atomic E-state index is 11.9. The molecule has 1 aliphatic carbocycles. The molecule has 3 nitrogen and oxygen atoms in total. The summed E-state index contributed by atoms with van der Waals surface area (Å²) in [6.45, 7) is 8.34. The van der Waals surface area contributed by atoms with E-state index in [9.17, 15) is 4.79 Å². The second-order valence-electron chi connectivity index (χ2n) is 6.11. The van der Waals surface area contributed by atoms with Gasteiger partial charge in [0, 0.05) is 18.0 Å². The van der Waals surface area contributed by atoms with E-state index in [0.29, 0.717) is 11.5 Å². The molecule has 0 saturated heterocycles. The van der Waals surface area contributed by atoms with Crippen LogP contribution in [-0.2, 0) is 4.79 Å². The molecular weight excluding hydrogens is 200 g/mol. The third-order valence-electron chi connectivity index (χ3n) is 3.75. The highest BCUT2D eigenvalue weighted by Gasteiger charge is 2.29. The highest BCUT2D eigenvalue weighted by molar-refractivity contribution is 5.79. The predicted octanol–water partition coefficient (Wildman–Crippen LogP) is 2.05. The van der Waals surface area contributed by atoms with Crippen LogP contribution in [0, 0.1) is 11.3 Å². The topological polar surface area (TPSA) is 55.1 Å². The zero-order chi connectivity index (χ0) is 12.3. The molecule has 16 heavy (non-hydrogen) atoms. The lowest BCUT2D eigenvalue weighted by molar-refractivity contribution is -0.126. The molecule has 1 amide bonds. The summed E-state index contributed by atoms with van der Waals surface area (Å²) in [5, 5.41) is 3.14. The fraction of sp³-hybridized carbons (Fsp3) is 0.923. The number of amides is 1. The first kappa shape index (κ1) is 13.5. The fourth-order valence-electron chi connectivity index (χ4n) is 2.39. The Morgan fingerprint density at radius 2 is 2.06 bits per heavy atom. The van der Waals surface area contributed by atoms with Gasteiger partial charge >= 0.3 is 0 Å². The molecule has 0 aromatic carbocycles. The monoisotopic (exact) mass is 226 g/mol. The van der Waals surface area contributed by atoms with Crippen LogP contribution in [0.3, 0.4) is 0 Å². The average molecular weight is 226 g/mol. The van der Waals surface area contributed by atoms with Crippen LogP contribution in [0.15, 0.2) is 0 Å². The van der Waals surface area contributed by atoms with Gasteiger partial charge in [-0.15, -0.1) is 0 Å². The summed E-state index contributed by atoms with van der Waals surface area (Å²) in [5.41, 5.74) is 6.10. The van der Waals surface area contributed by atoms with E-state index in [1.165, 1.54) is 12.8 Å². The Bertz CT molecular complexity index is 248. The molecule has 0 aromatic heterocycles. The number of nitrogens with two attached hydrogens (primary N) is 1. The zero-order valence-electron chi connectivity index (χ0n) is 11.0. The number of nitrogens with one attached hydrogen (secondary N) is 1. The van der Waals surface area contributed by atoms with Crippen LogP contribution in [0.25, 0.3) is 0 Å². The number of rotatable bonds is 3. The van der Waals surface area contributed by atoms with Crippen LogP contribution in [-0.4, -0.2) is 18.0 Å². The lowest BCUT2D eigenvalue weighted by Crippen LogP contribution is -2.46. The van der Waals surface area contributed by atoms with Crippen LogP contribution >= 0.6 is 0 Å². The molecule has 1 rings (SSSR count). The fourth-order valence-corrected chi connectivity index (χ4v) is 2.39. The smallest absolute Gasteiger partial charge is 0.224 e. The maximum Gasteiger partial charge on any atom is 0.224 e. The molecular formula is C13H26N2O. The molecule has 0 heterocycles. The van der Waals surface area contributed by atoms with Crippen LogP contribution in [0.1, 0.15) is 53.4 Å². The summed E-state index contributed by atoms with van der Waals surface area (Å²) in [6.07, 6.45) is 4.68. The van der Waals surface area contributed by atoms with Gasteiger partial charge in [0.05, 0.1) is 0 Å². The highest BCUT2D eigenvalue weighted by atomic mass is 16.1. The van der Waals surface area contributed by atoms with Crippen molar-refractivity contribution in [2.75, 3.05) is 0 Å². The number of hydrogen-bond donors (Lipinski definition) is 2. The Kier molecular flexibility index (Phi) is 4.36. The van der Waals surface area contributed by atoms with Gasteiger partial charge in [-0.2, -0.15) is 0 Å². The van der Waals surface area contributed by atoms with E-state index in [4.69, 9.17) is 5.73 Å². The van der Waals surface area contributed by atoms with Gasteiger partial charge in [0.1, 0.15) is 0 Å². The molecule has 3 heteroatoms. The first-order valence-corrected chi connectivity index (χ1v) is 6.38. The van der Waals surface area contributed by atoms with Crippen molar-refractivity contribution in [1.29, 1.82) is 0 Å². The van der Waals surface area contributed by atoms with Gasteiger partial charge in [-0.25, -0.2) is 0 Å². The minimum absolute atomic E-state index is 0.0726. The standard InChI is InChI=1S/C13H26N2O/c1-9(10(2)14)12(16)15-11-6-5-7-13(3,4)8-11/h9-11H,5-8,14H2,1-4H3,(H,15,16). The summed E-state index contributed by atoms with van der Waals surface area (Å²) in [7, 11) is 0. The van der Waals surface area contributed by atoms with Crippen LogP contribution < -0.4 is 11.1 Å². The average Bonchev–Trinajstić information content (AvgIpc) is 2.14. The van der Waals surface area contributed by atoms with Gasteiger partial charge in [-0.3, -0.25) is 4.79 Å². The van der Waals surface area contributed by atoms with E-state index in [2.05, 4.69) is 19.2 Å². The van der Waals surface area contributed by atoms with Crippen molar-refractivity contribution >= 4 is 5.91 Å². The first-order valence-electron chi connectivity index (χ1n) is 6.38. The Labute approximate surface area is 99.2 Å². The maximum absolute atomic E-state index is 11.9. The minimum Gasteiger partial charge on any atom is -0.353 e. The van der Waals surface area contributed by atoms with E-state index in [-0.39, 0.29) is 17.9 Å². The first-order chi connectivity index (χ1) is 7.32. The molecule has 0 aliphatic heterocycles. The van der Waals surface area contributed by atoms with Crippen LogP contribution in [0.4, 0.5) is 0 Å². The van der Waals surface area contributed by atoms with Crippen LogP contribution in [0.2, 0.25) is 0 Å². The number of carbonyl (C=O) groups is 1. The van der Waals surface area contributed by atoms with E-state index in [0.717, 1.165) is 12.8 Å². The highest BCUT2D eigenvalue weighted by Crippen LogP contribution is 2.35.